The van der Waals surface area contributed by atoms with Crippen molar-refractivity contribution in [1.29, 1.82) is 0 Å². The van der Waals surface area contributed by atoms with Crippen molar-refractivity contribution in [3.8, 4) is 5.75 Å². The number of anilines is 1. The van der Waals surface area contributed by atoms with Gasteiger partial charge in [0.2, 0.25) is 5.13 Å². The van der Waals surface area contributed by atoms with Crippen molar-refractivity contribution in [2.75, 3.05) is 24.2 Å². The maximum Gasteiger partial charge on any atom is 0.206 e. The zero-order valence-corrected chi connectivity index (χ0v) is 13.8. The Morgan fingerprint density at radius 3 is 2.86 bits per heavy atom. The Bertz CT molecular complexity index is 551. The quantitative estimate of drug-likeness (QED) is 0.716. The number of nitrogens with zero attached hydrogens (tertiary/aromatic N) is 2. The summed E-state index contributed by atoms with van der Waals surface area (Å²) in [5.41, 5.74) is 0. The van der Waals surface area contributed by atoms with Gasteiger partial charge in [-0.15, -0.1) is 10.2 Å². The molecule has 0 spiro atoms. The summed E-state index contributed by atoms with van der Waals surface area (Å²) in [4.78, 5) is 0. The van der Waals surface area contributed by atoms with E-state index in [0.29, 0.717) is 16.5 Å². The van der Waals surface area contributed by atoms with Gasteiger partial charge < -0.3 is 15.2 Å². The molecule has 0 radical (unpaired) electrons. The Kier molecular flexibility index (Phi) is 6.56. The van der Waals surface area contributed by atoms with Crippen molar-refractivity contribution in [3.63, 3.8) is 0 Å². The molecule has 8 heteroatoms. The molecule has 114 valence electrons. The van der Waals surface area contributed by atoms with Crippen LogP contribution >= 0.6 is 34.7 Å². The summed E-state index contributed by atoms with van der Waals surface area (Å²) < 4.78 is 6.32. The summed E-state index contributed by atoms with van der Waals surface area (Å²) in [5, 5.41) is 22.5. The molecular weight excluding hydrogens is 330 g/mol. The number of thioether (sulfide) groups is 1. The van der Waals surface area contributed by atoms with Gasteiger partial charge >= 0.3 is 0 Å². The summed E-state index contributed by atoms with van der Waals surface area (Å²) in [7, 11) is 0. The fraction of sp³-hybridized carbons (Fsp3) is 0.385. The first kappa shape index (κ1) is 16.4. The van der Waals surface area contributed by atoms with Crippen molar-refractivity contribution in [2.24, 2.45) is 0 Å². The van der Waals surface area contributed by atoms with Crippen LogP contribution in [-0.2, 0) is 0 Å². The van der Waals surface area contributed by atoms with E-state index in [1.54, 1.807) is 24.3 Å². The van der Waals surface area contributed by atoms with Gasteiger partial charge in [-0.3, -0.25) is 0 Å². The number of ether oxygens (including phenoxy) is 1. The Morgan fingerprint density at radius 2 is 2.14 bits per heavy atom. The van der Waals surface area contributed by atoms with Crippen LogP contribution in [0, 0.1) is 0 Å². The highest BCUT2D eigenvalue weighted by Gasteiger charge is 2.10. The molecular formula is C13H16ClN3O2S2. The smallest absolute Gasteiger partial charge is 0.206 e. The number of rotatable bonds is 8. The number of hydrogen-bond donors (Lipinski definition) is 2. The molecule has 2 aromatic rings. The van der Waals surface area contributed by atoms with Gasteiger partial charge in [0.1, 0.15) is 12.4 Å². The first-order valence-corrected chi connectivity index (χ1v) is 8.62. The SMILES string of the molecule is CCNc1nnc(SCC(O)COc2ccc(Cl)cc2)s1. The Hall–Kier alpha value is -1.02. The second-order valence-corrected chi connectivity index (χ2v) is 6.81. The number of aliphatic hydroxyl groups excluding tert-OH is 1. The van der Waals surface area contributed by atoms with Crippen LogP contribution < -0.4 is 10.1 Å². The molecule has 0 bridgehead atoms. The van der Waals surface area contributed by atoms with Crippen molar-refractivity contribution in [1.82, 2.24) is 10.2 Å². The van der Waals surface area contributed by atoms with Crippen molar-refractivity contribution < 1.29 is 9.84 Å². The first-order valence-electron chi connectivity index (χ1n) is 6.44. The molecule has 2 rings (SSSR count). The average Bonchev–Trinajstić information content (AvgIpc) is 2.93. The molecule has 0 fully saturated rings. The average molecular weight is 346 g/mol. The van der Waals surface area contributed by atoms with Crippen molar-refractivity contribution >= 4 is 39.8 Å². The monoisotopic (exact) mass is 345 g/mol. The molecule has 1 aromatic carbocycles. The third-order valence-corrected chi connectivity index (χ3v) is 4.80. The van der Waals surface area contributed by atoms with E-state index in [9.17, 15) is 5.11 Å². The summed E-state index contributed by atoms with van der Waals surface area (Å²) in [6.07, 6.45) is -0.572. The number of aromatic nitrogens is 2. The lowest BCUT2D eigenvalue weighted by molar-refractivity contribution is 0.126. The van der Waals surface area contributed by atoms with E-state index in [0.717, 1.165) is 16.0 Å². The highest BCUT2D eigenvalue weighted by molar-refractivity contribution is 8.01. The topological polar surface area (TPSA) is 67.3 Å². The summed E-state index contributed by atoms with van der Waals surface area (Å²) in [6.45, 7) is 3.05. The summed E-state index contributed by atoms with van der Waals surface area (Å²) in [6, 6.07) is 7.05. The second kappa shape index (κ2) is 8.43. The van der Waals surface area contributed by atoms with Gasteiger partial charge in [0.15, 0.2) is 4.34 Å². The highest BCUT2D eigenvalue weighted by Crippen LogP contribution is 2.26. The Labute approximate surface area is 136 Å². The van der Waals surface area contributed by atoms with Gasteiger partial charge in [-0.1, -0.05) is 34.7 Å². The lowest BCUT2D eigenvalue weighted by Crippen LogP contribution is -2.19. The molecule has 1 atom stereocenters. The van der Waals surface area contributed by atoms with E-state index in [-0.39, 0.29) is 6.61 Å². The lowest BCUT2D eigenvalue weighted by atomic mass is 10.3. The summed E-state index contributed by atoms with van der Waals surface area (Å²) >= 11 is 8.74. The zero-order chi connectivity index (χ0) is 15.1. The van der Waals surface area contributed by atoms with Crippen LogP contribution in [-0.4, -0.2) is 40.3 Å². The third kappa shape index (κ3) is 5.70. The molecule has 2 N–H and O–H groups in total. The molecule has 0 aliphatic rings. The first-order chi connectivity index (χ1) is 10.2. The van der Waals surface area contributed by atoms with Crippen LogP contribution in [0.5, 0.6) is 5.75 Å². The number of halogens is 1. The van der Waals surface area contributed by atoms with E-state index in [4.69, 9.17) is 16.3 Å². The normalized spacial score (nSPS) is 12.1. The second-order valence-electron chi connectivity index (χ2n) is 4.13. The molecule has 0 aliphatic carbocycles. The lowest BCUT2D eigenvalue weighted by Gasteiger charge is -2.11. The van der Waals surface area contributed by atoms with Crippen LogP contribution in [0.15, 0.2) is 28.6 Å². The minimum absolute atomic E-state index is 0.230. The van der Waals surface area contributed by atoms with Gasteiger partial charge in [0.05, 0.1) is 6.10 Å². The van der Waals surface area contributed by atoms with Gasteiger partial charge in [-0.05, 0) is 31.2 Å². The molecule has 0 saturated carbocycles. The zero-order valence-electron chi connectivity index (χ0n) is 11.5. The van der Waals surface area contributed by atoms with Crippen LogP contribution in [0.25, 0.3) is 0 Å². The molecule has 5 nitrogen and oxygen atoms in total. The molecule has 1 heterocycles. The fourth-order valence-electron chi connectivity index (χ4n) is 1.43. The number of nitrogens with one attached hydrogen (secondary N) is 1. The van der Waals surface area contributed by atoms with E-state index < -0.39 is 6.10 Å². The van der Waals surface area contributed by atoms with Gasteiger partial charge in [-0.2, -0.15) is 0 Å². The molecule has 0 amide bonds. The van der Waals surface area contributed by atoms with Crippen molar-refractivity contribution in [3.05, 3.63) is 29.3 Å². The molecule has 0 saturated heterocycles. The predicted molar refractivity (Wildman–Crippen MR) is 87.8 cm³/mol. The van der Waals surface area contributed by atoms with E-state index in [1.165, 1.54) is 23.1 Å². The standard InChI is InChI=1S/C13H16ClN3O2S2/c1-2-15-12-16-17-13(21-12)20-8-10(18)7-19-11-5-3-9(14)4-6-11/h3-6,10,18H,2,7-8H2,1H3,(H,15,16). The largest absolute Gasteiger partial charge is 0.491 e. The molecule has 1 unspecified atom stereocenters. The maximum absolute atomic E-state index is 9.91. The maximum atomic E-state index is 9.91. The van der Waals surface area contributed by atoms with Crippen molar-refractivity contribution in [2.45, 2.75) is 17.4 Å². The molecule has 0 aliphatic heterocycles. The van der Waals surface area contributed by atoms with Crippen LogP contribution in [0.2, 0.25) is 5.02 Å². The number of benzene rings is 1. The Morgan fingerprint density at radius 1 is 1.38 bits per heavy atom. The van der Waals surface area contributed by atoms with Crippen LogP contribution in [0.3, 0.4) is 0 Å². The fourth-order valence-corrected chi connectivity index (χ4v) is 3.31. The number of aliphatic hydroxyl groups is 1. The predicted octanol–water partition coefficient (Wildman–Crippen LogP) is 3.16. The minimum Gasteiger partial charge on any atom is -0.491 e. The third-order valence-electron chi connectivity index (χ3n) is 2.39. The molecule has 1 aromatic heterocycles. The minimum atomic E-state index is -0.572. The van der Waals surface area contributed by atoms with Gasteiger partial charge in [-0.25, -0.2) is 0 Å². The molecule has 21 heavy (non-hydrogen) atoms. The van der Waals surface area contributed by atoms with Gasteiger partial charge in [0, 0.05) is 17.3 Å². The van der Waals surface area contributed by atoms with Gasteiger partial charge in [0.25, 0.3) is 0 Å². The number of hydrogen-bond acceptors (Lipinski definition) is 7. The van der Waals surface area contributed by atoms with E-state index in [2.05, 4.69) is 15.5 Å². The highest BCUT2D eigenvalue weighted by atomic mass is 35.5. The summed E-state index contributed by atoms with van der Waals surface area (Å²) in [5.74, 6) is 1.20. The Balaban J connectivity index is 1.71. The van der Waals surface area contributed by atoms with E-state index >= 15 is 0 Å². The van der Waals surface area contributed by atoms with Crippen LogP contribution in [0.1, 0.15) is 6.92 Å². The van der Waals surface area contributed by atoms with Crippen LogP contribution in [0.4, 0.5) is 5.13 Å². The van der Waals surface area contributed by atoms with E-state index in [1.807, 2.05) is 6.92 Å².